The molecular formula is C8H12F3NO3S. The van der Waals surface area contributed by atoms with Gasteiger partial charge in [-0.25, -0.2) is 0 Å². The van der Waals surface area contributed by atoms with E-state index in [4.69, 9.17) is 0 Å². The van der Waals surface area contributed by atoms with Crippen molar-refractivity contribution in [2.45, 2.75) is 18.3 Å². The first-order valence-electron chi connectivity index (χ1n) is 4.64. The first-order chi connectivity index (χ1) is 7.24. The Morgan fingerprint density at radius 1 is 1.31 bits per heavy atom. The summed E-state index contributed by atoms with van der Waals surface area (Å²) in [6.07, 6.45) is 1.04. The van der Waals surface area contributed by atoms with Crippen molar-refractivity contribution in [2.24, 2.45) is 5.92 Å². The Morgan fingerprint density at radius 2 is 1.81 bits per heavy atom. The second-order valence-corrected chi connectivity index (χ2v) is 5.01. The van der Waals surface area contributed by atoms with Crippen LogP contribution in [0.2, 0.25) is 0 Å². The topological polar surface area (TPSA) is 55.4 Å². The summed E-state index contributed by atoms with van der Waals surface area (Å²) in [5, 5.41) is 2.99. The van der Waals surface area contributed by atoms with Gasteiger partial charge in [-0.3, -0.25) is 0 Å². The lowest BCUT2D eigenvalue weighted by Crippen LogP contribution is -2.31. The molecule has 8 heteroatoms. The second-order valence-electron chi connectivity index (χ2n) is 3.47. The van der Waals surface area contributed by atoms with E-state index in [-0.39, 0.29) is 11.7 Å². The van der Waals surface area contributed by atoms with Crippen LogP contribution in [0.15, 0.2) is 12.3 Å². The smallest absolute Gasteiger partial charge is 0.381 e. The molecule has 0 aromatic carbocycles. The standard InChI is InChI=1S/C8H12F3NO3S/c1-6(7-2-4-12-5-3-7)15-16(13,14)8(9,10)11/h7,12H,1-5H2. The average molecular weight is 259 g/mol. The summed E-state index contributed by atoms with van der Waals surface area (Å²) in [7, 11) is -5.57. The van der Waals surface area contributed by atoms with Crippen LogP contribution in [0.5, 0.6) is 0 Å². The summed E-state index contributed by atoms with van der Waals surface area (Å²) < 4.78 is 61.3. The summed E-state index contributed by atoms with van der Waals surface area (Å²) in [5.41, 5.74) is -5.40. The Labute approximate surface area is 91.6 Å². The van der Waals surface area contributed by atoms with Gasteiger partial charge < -0.3 is 9.50 Å². The van der Waals surface area contributed by atoms with Crippen molar-refractivity contribution >= 4 is 10.1 Å². The van der Waals surface area contributed by atoms with Crippen LogP contribution in [-0.2, 0) is 14.3 Å². The van der Waals surface area contributed by atoms with Gasteiger partial charge in [0, 0.05) is 5.92 Å². The van der Waals surface area contributed by atoms with Gasteiger partial charge in [-0.2, -0.15) is 21.6 Å². The maximum Gasteiger partial charge on any atom is 0.534 e. The molecule has 0 saturated carbocycles. The molecule has 1 aliphatic heterocycles. The largest absolute Gasteiger partial charge is 0.534 e. The van der Waals surface area contributed by atoms with Gasteiger partial charge in [0.25, 0.3) is 0 Å². The van der Waals surface area contributed by atoms with Crippen molar-refractivity contribution in [3.05, 3.63) is 12.3 Å². The molecule has 0 aliphatic carbocycles. The molecule has 1 heterocycles. The molecule has 1 aliphatic rings. The number of nitrogens with one attached hydrogen (secondary N) is 1. The van der Waals surface area contributed by atoms with Crippen LogP contribution < -0.4 is 5.32 Å². The maximum atomic E-state index is 12.0. The molecule has 1 fully saturated rings. The number of hydrogen-bond acceptors (Lipinski definition) is 4. The highest BCUT2D eigenvalue weighted by molar-refractivity contribution is 7.87. The lowest BCUT2D eigenvalue weighted by molar-refractivity contribution is -0.0527. The van der Waals surface area contributed by atoms with Crippen LogP contribution in [0, 0.1) is 5.92 Å². The van der Waals surface area contributed by atoms with Crippen molar-refractivity contribution in [1.82, 2.24) is 5.32 Å². The lowest BCUT2D eigenvalue weighted by atomic mass is 9.97. The Balaban J connectivity index is 2.64. The number of alkyl halides is 3. The fraction of sp³-hybridized carbons (Fsp3) is 0.750. The zero-order valence-electron chi connectivity index (χ0n) is 8.38. The summed E-state index contributed by atoms with van der Waals surface area (Å²) in [6, 6.07) is 0. The van der Waals surface area contributed by atoms with Crippen LogP contribution in [-0.4, -0.2) is 27.0 Å². The van der Waals surface area contributed by atoms with E-state index >= 15 is 0 Å². The maximum absolute atomic E-state index is 12.0. The predicted molar refractivity (Wildman–Crippen MR) is 50.8 cm³/mol. The third-order valence-corrected chi connectivity index (χ3v) is 3.30. The summed E-state index contributed by atoms with van der Waals surface area (Å²) in [4.78, 5) is 0. The van der Waals surface area contributed by atoms with Crippen molar-refractivity contribution in [3.63, 3.8) is 0 Å². The van der Waals surface area contributed by atoms with Gasteiger partial charge in [0.15, 0.2) is 0 Å². The van der Waals surface area contributed by atoms with Gasteiger partial charge >= 0.3 is 15.6 Å². The van der Waals surface area contributed by atoms with Gasteiger partial charge in [0.05, 0.1) is 0 Å². The van der Waals surface area contributed by atoms with Gasteiger partial charge in [-0.1, -0.05) is 6.58 Å². The van der Waals surface area contributed by atoms with Crippen molar-refractivity contribution in [2.75, 3.05) is 13.1 Å². The summed E-state index contributed by atoms with van der Waals surface area (Å²) >= 11 is 0. The third-order valence-electron chi connectivity index (χ3n) is 2.29. The van der Waals surface area contributed by atoms with E-state index in [1.54, 1.807) is 0 Å². The molecular weight excluding hydrogens is 247 g/mol. The fourth-order valence-corrected chi connectivity index (χ4v) is 1.91. The molecule has 0 spiro atoms. The van der Waals surface area contributed by atoms with Crippen LogP contribution in [0.1, 0.15) is 12.8 Å². The van der Waals surface area contributed by atoms with E-state index < -0.39 is 15.6 Å². The molecule has 0 unspecified atom stereocenters. The molecule has 4 nitrogen and oxygen atoms in total. The number of hydrogen-bond donors (Lipinski definition) is 1. The van der Waals surface area contributed by atoms with Crippen LogP contribution in [0.4, 0.5) is 13.2 Å². The van der Waals surface area contributed by atoms with E-state index in [0.29, 0.717) is 25.9 Å². The molecule has 16 heavy (non-hydrogen) atoms. The van der Waals surface area contributed by atoms with E-state index in [2.05, 4.69) is 16.1 Å². The van der Waals surface area contributed by atoms with Crippen molar-refractivity contribution in [3.8, 4) is 0 Å². The summed E-state index contributed by atoms with van der Waals surface area (Å²) in [5.74, 6) is -0.683. The van der Waals surface area contributed by atoms with Gasteiger partial charge in [-0.15, -0.1) is 0 Å². The Kier molecular flexibility index (Phi) is 3.84. The van der Waals surface area contributed by atoms with Gasteiger partial charge in [0.1, 0.15) is 5.76 Å². The number of allylic oxidation sites excluding steroid dienone is 1. The van der Waals surface area contributed by atoms with Crippen molar-refractivity contribution < 1.29 is 25.8 Å². The second kappa shape index (κ2) is 4.62. The Hall–Kier alpha value is -0.760. The van der Waals surface area contributed by atoms with Gasteiger partial charge in [0.2, 0.25) is 0 Å². The Bertz CT molecular complexity index is 357. The molecule has 0 aromatic heterocycles. The molecule has 1 rings (SSSR count). The van der Waals surface area contributed by atoms with Gasteiger partial charge in [-0.05, 0) is 25.9 Å². The average Bonchev–Trinajstić information content (AvgIpc) is 2.16. The van der Waals surface area contributed by atoms with Crippen LogP contribution in [0.3, 0.4) is 0 Å². The molecule has 0 aromatic rings. The van der Waals surface area contributed by atoms with E-state index in [1.165, 1.54) is 0 Å². The minimum absolute atomic E-state index is 0.334. The number of rotatable bonds is 3. The highest BCUT2D eigenvalue weighted by Crippen LogP contribution is 2.30. The first-order valence-corrected chi connectivity index (χ1v) is 6.05. The van der Waals surface area contributed by atoms with E-state index in [9.17, 15) is 21.6 Å². The monoisotopic (exact) mass is 259 g/mol. The zero-order valence-corrected chi connectivity index (χ0v) is 9.20. The number of piperidine rings is 1. The van der Waals surface area contributed by atoms with E-state index in [1.807, 2.05) is 0 Å². The Morgan fingerprint density at radius 3 is 2.25 bits per heavy atom. The predicted octanol–water partition coefficient (Wildman–Crippen LogP) is 1.37. The minimum atomic E-state index is -5.57. The molecule has 0 radical (unpaired) electrons. The van der Waals surface area contributed by atoms with Crippen molar-refractivity contribution in [1.29, 1.82) is 0 Å². The molecule has 94 valence electrons. The normalized spacial score (nSPS) is 19.4. The van der Waals surface area contributed by atoms with Crippen LogP contribution >= 0.6 is 0 Å². The SMILES string of the molecule is C=C(OS(=O)(=O)C(F)(F)F)C1CCNCC1. The zero-order chi connectivity index (χ0) is 12.4. The molecule has 0 bridgehead atoms. The van der Waals surface area contributed by atoms with E-state index in [0.717, 1.165) is 0 Å². The highest BCUT2D eigenvalue weighted by Gasteiger charge is 2.49. The molecule has 0 amide bonds. The van der Waals surface area contributed by atoms with Crippen LogP contribution in [0.25, 0.3) is 0 Å². The highest BCUT2D eigenvalue weighted by atomic mass is 32.2. The fourth-order valence-electron chi connectivity index (χ4n) is 1.40. The third kappa shape index (κ3) is 3.11. The first kappa shape index (κ1) is 13.3. The lowest BCUT2D eigenvalue weighted by Gasteiger charge is -2.24. The number of halogens is 3. The molecule has 1 N–H and O–H groups in total. The molecule has 1 saturated heterocycles. The minimum Gasteiger partial charge on any atom is -0.381 e. The quantitative estimate of drug-likeness (QED) is 0.472. The molecule has 0 atom stereocenters. The summed E-state index contributed by atoms with van der Waals surface area (Å²) in [6.45, 7) is 4.47.